The van der Waals surface area contributed by atoms with Crippen molar-refractivity contribution in [1.82, 2.24) is 9.97 Å². The Morgan fingerprint density at radius 2 is 1.88 bits per heavy atom. The molecule has 0 saturated carbocycles. The van der Waals surface area contributed by atoms with Gasteiger partial charge in [-0.3, -0.25) is 0 Å². The predicted octanol–water partition coefficient (Wildman–Crippen LogP) is 4.95. The summed E-state index contributed by atoms with van der Waals surface area (Å²) in [6, 6.07) is 10.9. The summed E-state index contributed by atoms with van der Waals surface area (Å²) >= 11 is 1.90. The van der Waals surface area contributed by atoms with E-state index in [1.807, 2.05) is 18.3 Å². The van der Waals surface area contributed by atoms with Crippen molar-refractivity contribution in [2.45, 2.75) is 45.4 Å². The molecule has 4 heteroatoms. The molecule has 1 aliphatic heterocycles. The van der Waals surface area contributed by atoms with Gasteiger partial charge >= 0.3 is 0 Å². The molecule has 1 aliphatic carbocycles. The first kappa shape index (κ1) is 16.2. The van der Waals surface area contributed by atoms with Crippen LogP contribution in [0.5, 0.6) is 0 Å². The molecule has 1 fully saturated rings. The van der Waals surface area contributed by atoms with Crippen molar-refractivity contribution in [3.8, 4) is 0 Å². The standard InChI is InChI=1S/C22H25N3S/c1-15-23-21(20-18-8-5-9-19(18)26-22(20)24-15)25-12-10-17(11-13-25)14-16-6-3-2-4-7-16/h2-4,6-7,17H,5,8-14H2,1H3. The first-order chi connectivity index (χ1) is 12.8. The fourth-order valence-electron chi connectivity index (χ4n) is 4.61. The molecule has 0 amide bonds. The number of nitrogens with zero attached hydrogens (tertiary/aromatic N) is 3. The average molecular weight is 364 g/mol. The van der Waals surface area contributed by atoms with Crippen LogP contribution in [0.2, 0.25) is 0 Å². The summed E-state index contributed by atoms with van der Waals surface area (Å²) in [5.41, 5.74) is 3.02. The fraction of sp³-hybridized carbons (Fsp3) is 0.455. The zero-order chi connectivity index (χ0) is 17.5. The van der Waals surface area contributed by atoms with E-state index in [2.05, 4.69) is 35.2 Å². The molecular formula is C22H25N3S. The van der Waals surface area contributed by atoms with Crippen molar-refractivity contribution in [3.63, 3.8) is 0 Å². The van der Waals surface area contributed by atoms with Gasteiger partial charge in [0.05, 0.1) is 5.39 Å². The van der Waals surface area contributed by atoms with E-state index >= 15 is 0 Å². The van der Waals surface area contributed by atoms with Gasteiger partial charge in [0.2, 0.25) is 0 Å². The van der Waals surface area contributed by atoms with Crippen LogP contribution in [0.3, 0.4) is 0 Å². The molecule has 2 aliphatic rings. The number of hydrogen-bond donors (Lipinski definition) is 0. The Morgan fingerprint density at radius 1 is 1.08 bits per heavy atom. The topological polar surface area (TPSA) is 29.0 Å². The van der Waals surface area contributed by atoms with Crippen LogP contribution in [0.15, 0.2) is 30.3 Å². The van der Waals surface area contributed by atoms with Gasteiger partial charge in [0.15, 0.2) is 0 Å². The molecule has 1 aromatic carbocycles. The minimum Gasteiger partial charge on any atom is -0.356 e. The largest absolute Gasteiger partial charge is 0.356 e. The van der Waals surface area contributed by atoms with Gasteiger partial charge in [-0.15, -0.1) is 11.3 Å². The van der Waals surface area contributed by atoms with Crippen LogP contribution in [0.25, 0.3) is 10.2 Å². The van der Waals surface area contributed by atoms with Crippen molar-refractivity contribution in [2.24, 2.45) is 5.92 Å². The number of benzene rings is 1. The number of rotatable bonds is 3. The molecule has 2 aromatic heterocycles. The van der Waals surface area contributed by atoms with E-state index in [1.54, 1.807) is 10.4 Å². The van der Waals surface area contributed by atoms with E-state index in [-0.39, 0.29) is 0 Å². The summed E-state index contributed by atoms with van der Waals surface area (Å²) in [7, 11) is 0. The number of hydrogen-bond acceptors (Lipinski definition) is 4. The lowest BCUT2D eigenvalue weighted by Gasteiger charge is -2.33. The lowest BCUT2D eigenvalue weighted by atomic mass is 9.90. The second-order valence-corrected chi connectivity index (χ2v) is 8.84. The van der Waals surface area contributed by atoms with Gasteiger partial charge in [-0.1, -0.05) is 30.3 Å². The van der Waals surface area contributed by atoms with Gasteiger partial charge < -0.3 is 4.90 Å². The van der Waals surface area contributed by atoms with Crippen molar-refractivity contribution in [2.75, 3.05) is 18.0 Å². The Bertz CT molecular complexity index is 923. The minimum absolute atomic E-state index is 0.792. The highest BCUT2D eigenvalue weighted by Gasteiger charge is 2.27. The number of aryl methyl sites for hydroxylation is 3. The molecule has 5 rings (SSSR count). The summed E-state index contributed by atoms with van der Waals surface area (Å²) in [5, 5.41) is 1.37. The van der Waals surface area contributed by atoms with Gasteiger partial charge in [0, 0.05) is 18.0 Å². The van der Waals surface area contributed by atoms with Crippen molar-refractivity contribution < 1.29 is 0 Å². The van der Waals surface area contributed by atoms with E-state index in [1.165, 1.54) is 60.1 Å². The third kappa shape index (κ3) is 2.90. The average Bonchev–Trinajstić information content (AvgIpc) is 3.23. The zero-order valence-electron chi connectivity index (χ0n) is 15.4. The lowest BCUT2D eigenvalue weighted by molar-refractivity contribution is 0.402. The first-order valence-electron chi connectivity index (χ1n) is 9.85. The number of aromatic nitrogens is 2. The van der Waals surface area contributed by atoms with Crippen LogP contribution in [0.4, 0.5) is 5.82 Å². The van der Waals surface area contributed by atoms with Crippen LogP contribution >= 0.6 is 11.3 Å². The van der Waals surface area contributed by atoms with Crippen molar-refractivity contribution >= 4 is 27.4 Å². The molecule has 26 heavy (non-hydrogen) atoms. The lowest BCUT2D eigenvalue weighted by Crippen LogP contribution is -2.35. The maximum Gasteiger partial charge on any atom is 0.141 e. The molecule has 0 bridgehead atoms. The van der Waals surface area contributed by atoms with Gasteiger partial charge in [-0.25, -0.2) is 9.97 Å². The molecule has 0 N–H and O–H groups in total. The number of thiophene rings is 1. The van der Waals surface area contributed by atoms with Gasteiger partial charge in [0.1, 0.15) is 16.5 Å². The van der Waals surface area contributed by atoms with Gasteiger partial charge in [-0.05, 0) is 62.5 Å². The number of fused-ring (bicyclic) bond motifs is 3. The van der Waals surface area contributed by atoms with Crippen LogP contribution in [0, 0.1) is 12.8 Å². The maximum absolute atomic E-state index is 4.91. The summed E-state index contributed by atoms with van der Waals surface area (Å²) in [6.45, 7) is 4.28. The second kappa shape index (κ2) is 6.66. The number of anilines is 1. The van der Waals surface area contributed by atoms with Gasteiger partial charge in [-0.2, -0.15) is 0 Å². The van der Waals surface area contributed by atoms with Crippen LogP contribution in [0.1, 0.15) is 41.1 Å². The van der Waals surface area contributed by atoms with Crippen LogP contribution in [-0.4, -0.2) is 23.1 Å². The highest BCUT2D eigenvalue weighted by atomic mass is 32.1. The molecular weight excluding hydrogens is 338 g/mol. The Labute approximate surface area is 159 Å². The summed E-state index contributed by atoms with van der Waals surface area (Å²) in [4.78, 5) is 15.0. The van der Waals surface area contributed by atoms with E-state index < -0.39 is 0 Å². The molecule has 134 valence electrons. The summed E-state index contributed by atoms with van der Waals surface area (Å²) in [6.07, 6.45) is 7.45. The molecule has 1 saturated heterocycles. The van der Waals surface area contributed by atoms with E-state index in [0.29, 0.717) is 0 Å². The SMILES string of the molecule is Cc1nc(N2CCC(Cc3ccccc3)CC2)c2c3c(sc2n1)CCC3. The summed E-state index contributed by atoms with van der Waals surface area (Å²) in [5.74, 6) is 2.92. The molecule has 0 unspecified atom stereocenters. The Balaban J connectivity index is 1.38. The van der Waals surface area contributed by atoms with E-state index in [4.69, 9.17) is 9.97 Å². The normalized spacial score (nSPS) is 17.8. The molecule has 0 radical (unpaired) electrons. The first-order valence-corrected chi connectivity index (χ1v) is 10.7. The number of piperidine rings is 1. The van der Waals surface area contributed by atoms with Crippen LogP contribution < -0.4 is 4.90 Å². The molecule has 3 heterocycles. The van der Waals surface area contributed by atoms with Crippen molar-refractivity contribution in [3.05, 3.63) is 52.2 Å². The fourth-order valence-corrected chi connectivity index (χ4v) is 5.91. The molecule has 3 aromatic rings. The quantitative estimate of drug-likeness (QED) is 0.659. The smallest absolute Gasteiger partial charge is 0.141 e. The Kier molecular flexibility index (Phi) is 4.16. The second-order valence-electron chi connectivity index (χ2n) is 7.75. The molecule has 3 nitrogen and oxygen atoms in total. The monoisotopic (exact) mass is 363 g/mol. The predicted molar refractivity (Wildman–Crippen MR) is 109 cm³/mol. The highest BCUT2D eigenvalue weighted by Crippen LogP contribution is 2.41. The molecule has 0 spiro atoms. The maximum atomic E-state index is 4.91. The Morgan fingerprint density at radius 3 is 2.69 bits per heavy atom. The third-order valence-electron chi connectivity index (χ3n) is 5.94. The van der Waals surface area contributed by atoms with Crippen LogP contribution in [-0.2, 0) is 19.3 Å². The highest BCUT2D eigenvalue weighted by molar-refractivity contribution is 7.19. The third-order valence-corrected chi connectivity index (χ3v) is 7.12. The van der Waals surface area contributed by atoms with E-state index in [9.17, 15) is 0 Å². The minimum atomic E-state index is 0.792. The Hall–Kier alpha value is -1.94. The van der Waals surface area contributed by atoms with Crippen molar-refractivity contribution in [1.29, 1.82) is 0 Å². The molecule has 0 atom stereocenters. The summed E-state index contributed by atoms with van der Waals surface area (Å²) < 4.78 is 0. The van der Waals surface area contributed by atoms with E-state index in [0.717, 1.165) is 24.8 Å². The zero-order valence-corrected chi connectivity index (χ0v) is 16.2. The van der Waals surface area contributed by atoms with Gasteiger partial charge in [0.25, 0.3) is 0 Å².